The summed E-state index contributed by atoms with van der Waals surface area (Å²) in [6, 6.07) is 16.0. The maximum absolute atomic E-state index is 13.3. The van der Waals surface area contributed by atoms with Crippen molar-refractivity contribution < 1.29 is 9.59 Å². The van der Waals surface area contributed by atoms with E-state index in [0.29, 0.717) is 10.2 Å². The van der Waals surface area contributed by atoms with Crippen LogP contribution in [0, 0.1) is 6.92 Å². The number of carbonyl (C=O) groups is 2. The predicted octanol–water partition coefficient (Wildman–Crippen LogP) is 5.04. The molecule has 1 atom stereocenters. The van der Waals surface area contributed by atoms with Crippen LogP contribution in [-0.2, 0) is 9.59 Å². The first-order valence-corrected chi connectivity index (χ1v) is 10.0. The lowest BCUT2D eigenvalue weighted by Crippen LogP contribution is -2.33. The summed E-state index contributed by atoms with van der Waals surface area (Å²) in [5, 5.41) is 5.97. The van der Waals surface area contributed by atoms with Gasteiger partial charge in [0.2, 0.25) is 11.8 Å². The number of para-hydroxylation sites is 1. The molecule has 7 heteroatoms. The van der Waals surface area contributed by atoms with Gasteiger partial charge in [-0.3, -0.25) is 14.5 Å². The van der Waals surface area contributed by atoms with Crippen LogP contribution < -0.4 is 10.2 Å². The highest BCUT2D eigenvalue weighted by Crippen LogP contribution is 2.31. The molecule has 2 amide bonds. The number of anilines is 2. The first kappa shape index (κ1) is 20.0. The summed E-state index contributed by atoms with van der Waals surface area (Å²) >= 11 is 7.38. The number of carbonyl (C=O) groups excluding carboxylic acids is 2. The Bertz CT molecular complexity index is 957. The average Bonchev–Trinajstić information content (AvgIpc) is 3.08. The molecule has 0 saturated heterocycles. The Morgan fingerprint density at radius 2 is 1.82 bits per heavy atom. The van der Waals surface area contributed by atoms with E-state index in [1.54, 1.807) is 17.0 Å². The molecule has 1 unspecified atom stereocenters. The summed E-state index contributed by atoms with van der Waals surface area (Å²) in [5.74, 6) is -0.363. The predicted molar refractivity (Wildman–Crippen MR) is 113 cm³/mol. The molecule has 144 valence electrons. The summed E-state index contributed by atoms with van der Waals surface area (Å²) in [4.78, 5) is 31.1. The number of nitrogens with zero attached hydrogens (tertiary/aromatic N) is 2. The fourth-order valence-electron chi connectivity index (χ4n) is 2.84. The summed E-state index contributed by atoms with van der Waals surface area (Å²) in [7, 11) is 0. The molecule has 3 aromatic rings. The molecule has 0 spiro atoms. The number of aryl methyl sites for hydroxylation is 1. The summed E-state index contributed by atoms with van der Waals surface area (Å²) in [6.45, 7) is 3.33. The number of nitrogens with one attached hydrogen (secondary N) is 1. The maximum Gasteiger partial charge on any atom is 0.235 e. The molecule has 5 nitrogen and oxygen atoms in total. The third kappa shape index (κ3) is 4.97. The lowest BCUT2D eigenvalue weighted by atomic mass is 10.0. The molecular formula is C21H20ClN3O2S. The molecule has 1 aromatic heterocycles. The third-order valence-corrected chi connectivity index (χ3v) is 5.29. The van der Waals surface area contributed by atoms with Crippen LogP contribution in [-0.4, -0.2) is 16.8 Å². The van der Waals surface area contributed by atoms with Crippen LogP contribution in [0.15, 0.2) is 60.0 Å². The summed E-state index contributed by atoms with van der Waals surface area (Å²) in [6.07, 6.45) is 0.0920. The minimum Gasteiger partial charge on any atom is -0.349 e. The molecule has 1 N–H and O–H groups in total. The van der Waals surface area contributed by atoms with Gasteiger partial charge in [0.1, 0.15) is 0 Å². The van der Waals surface area contributed by atoms with E-state index >= 15 is 0 Å². The van der Waals surface area contributed by atoms with E-state index < -0.39 is 6.04 Å². The molecule has 2 aromatic carbocycles. The first-order chi connectivity index (χ1) is 13.4. The number of halogens is 1. The number of benzene rings is 2. The van der Waals surface area contributed by atoms with Gasteiger partial charge in [-0.05, 0) is 36.8 Å². The largest absolute Gasteiger partial charge is 0.349 e. The monoisotopic (exact) mass is 413 g/mol. The van der Waals surface area contributed by atoms with Gasteiger partial charge in [-0.2, -0.15) is 0 Å². The Kier molecular flexibility index (Phi) is 6.44. The van der Waals surface area contributed by atoms with E-state index in [2.05, 4.69) is 10.3 Å². The SMILES string of the molecule is CC(=O)NC(CC(=O)N(c1ccccc1)c1nc(C)cs1)c1ccc(Cl)cc1. The van der Waals surface area contributed by atoms with E-state index in [9.17, 15) is 9.59 Å². The van der Waals surface area contributed by atoms with Crippen molar-refractivity contribution >= 4 is 45.6 Å². The fourth-order valence-corrected chi connectivity index (χ4v) is 3.80. The standard InChI is InChI=1S/C21H20ClN3O2S/c1-14-13-28-21(23-14)25(18-6-4-3-5-7-18)20(27)12-19(24-15(2)26)16-8-10-17(22)11-9-16/h3-11,13,19H,12H2,1-2H3,(H,24,26). The third-order valence-electron chi connectivity index (χ3n) is 4.09. The number of amides is 2. The average molecular weight is 414 g/mol. The van der Waals surface area contributed by atoms with Crippen LogP contribution in [0.1, 0.15) is 30.6 Å². The lowest BCUT2D eigenvalue weighted by molar-refractivity contribution is -0.121. The molecule has 0 saturated carbocycles. The Labute approximate surface area is 173 Å². The lowest BCUT2D eigenvalue weighted by Gasteiger charge is -2.24. The molecule has 3 rings (SSSR count). The first-order valence-electron chi connectivity index (χ1n) is 8.76. The molecular weight excluding hydrogens is 394 g/mol. The van der Waals surface area contributed by atoms with Gasteiger partial charge in [0.15, 0.2) is 5.13 Å². The highest BCUT2D eigenvalue weighted by atomic mass is 35.5. The molecule has 0 fully saturated rings. The van der Waals surface area contributed by atoms with Crippen molar-refractivity contribution in [2.75, 3.05) is 4.90 Å². The smallest absolute Gasteiger partial charge is 0.235 e. The van der Waals surface area contributed by atoms with Crippen LogP contribution in [0.3, 0.4) is 0 Å². The van der Waals surface area contributed by atoms with Crippen LogP contribution in [0.2, 0.25) is 5.02 Å². The van der Waals surface area contributed by atoms with Gasteiger partial charge in [-0.15, -0.1) is 11.3 Å². The molecule has 0 aliphatic rings. The molecule has 0 radical (unpaired) electrons. The van der Waals surface area contributed by atoms with Crippen molar-refractivity contribution in [3.8, 4) is 0 Å². The van der Waals surface area contributed by atoms with Crippen LogP contribution in [0.5, 0.6) is 0 Å². The van der Waals surface area contributed by atoms with E-state index in [4.69, 9.17) is 11.6 Å². The Hall–Kier alpha value is -2.70. The normalized spacial score (nSPS) is 11.7. The van der Waals surface area contributed by atoms with Crippen molar-refractivity contribution in [3.63, 3.8) is 0 Å². The van der Waals surface area contributed by atoms with Crippen molar-refractivity contribution in [2.24, 2.45) is 0 Å². The van der Waals surface area contributed by atoms with Gasteiger partial charge in [0, 0.05) is 17.3 Å². The fraction of sp³-hybridized carbons (Fsp3) is 0.190. The highest BCUT2D eigenvalue weighted by molar-refractivity contribution is 7.14. The van der Waals surface area contributed by atoms with Crippen LogP contribution in [0.4, 0.5) is 10.8 Å². The molecule has 0 aliphatic carbocycles. The Balaban J connectivity index is 1.92. The quantitative estimate of drug-likeness (QED) is 0.615. The second-order valence-corrected chi connectivity index (χ2v) is 7.62. The molecule has 28 heavy (non-hydrogen) atoms. The highest BCUT2D eigenvalue weighted by Gasteiger charge is 2.25. The molecule has 1 heterocycles. The zero-order valence-corrected chi connectivity index (χ0v) is 17.1. The maximum atomic E-state index is 13.3. The van der Waals surface area contributed by atoms with Gasteiger partial charge in [-0.1, -0.05) is 41.9 Å². The summed E-state index contributed by atoms with van der Waals surface area (Å²) < 4.78 is 0. The second-order valence-electron chi connectivity index (χ2n) is 6.34. The van der Waals surface area contributed by atoms with Gasteiger partial charge < -0.3 is 5.32 Å². The number of thiazole rings is 1. The van der Waals surface area contributed by atoms with Crippen LogP contribution in [0.25, 0.3) is 0 Å². The van der Waals surface area contributed by atoms with Crippen LogP contribution >= 0.6 is 22.9 Å². The van der Waals surface area contributed by atoms with Crippen molar-refractivity contribution in [2.45, 2.75) is 26.3 Å². The van der Waals surface area contributed by atoms with Crippen molar-refractivity contribution in [1.29, 1.82) is 0 Å². The van der Waals surface area contributed by atoms with Gasteiger partial charge >= 0.3 is 0 Å². The number of hydrogen-bond acceptors (Lipinski definition) is 4. The zero-order valence-electron chi connectivity index (χ0n) is 15.6. The van der Waals surface area contributed by atoms with Gasteiger partial charge in [-0.25, -0.2) is 4.98 Å². The zero-order chi connectivity index (χ0) is 20.1. The van der Waals surface area contributed by atoms with E-state index in [1.807, 2.05) is 54.8 Å². The number of rotatable bonds is 6. The van der Waals surface area contributed by atoms with E-state index in [0.717, 1.165) is 16.9 Å². The minimum absolute atomic E-state index is 0.0920. The van der Waals surface area contributed by atoms with E-state index in [1.165, 1.54) is 18.3 Å². The summed E-state index contributed by atoms with van der Waals surface area (Å²) in [5.41, 5.74) is 2.40. The Morgan fingerprint density at radius 1 is 1.14 bits per heavy atom. The topological polar surface area (TPSA) is 62.3 Å². The van der Waals surface area contributed by atoms with Gasteiger partial charge in [0.25, 0.3) is 0 Å². The number of aromatic nitrogens is 1. The van der Waals surface area contributed by atoms with Crippen molar-refractivity contribution in [1.82, 2.24) is 10.3 Å². The minimum atomic E-state index is -0.463. The van der Waals surface area contributed by atoms with E-state index in [-0.39, 0.29) is 18.2 Å². The van der Waals surface area contributed by atoms with Gasteiger partial charge in [0.05, 0.1) is 23.8 Å². The number of hydrogen-bond donors (Lipinski definition) is 1. The molecule has 0 bridgehead atoms. The van der Waals surface area contributed by atoms with Crippen molar-refractivity contribution in [3.05, 3.63) is 76.3 Å². The molecule has 0 aliphatic heterocycles. The Morgan fingerprint density at radius 3 is 2.39 bits per heavy atom. The second kappa shape index (κ2) is 8.99.